The van der Waals surface area contributed by atoms with E-state index in [0.717, 1.165) is 0 Å². The molecule has 0 amide bonds. The Bertz CT molecular complexity index is 273. The molecule has 0 radical (unpaired) electrons. The molecule has 0 aliphatic rings. The largest absolute Gasteiger partial charge is 0.505 e. The average Bonchev–Trinajstić information content (AvgIpc) is 1.99. The summed E-state index contributed by atoms with van der Waals surface area (Å²) in [4.78, 5) is 0. The van der Waals surface area contributed by atoms with Gasteiger partial charge in [0, 0.05) is 0 Å². The Kier molecular flexibility index (Phi) is 1.94. The van der Waals surface area contributed by atoms with Crippen LogP contribution in [0.25, 0.3) is 0 Å². The van der Waals surface area contributed by atoms with Gasteiger partial charge in [0.05, 0.1) is 7.11 Å². The number of hydrogen-bond donors (Lipinski definition) is 2. The predicted octanol–water partition coefficient (Wildman–Crippen LogP) is -0.635. The van der Waals surface area contributed by atoms with Crippen molar-refractivity contribution in [3.8, 4) is 17.2 Å². The van der Waals surface area contributed by atoms with Crippen molar-refractivity contribution in [2.75, 3.05) is 7.11 Å². The minimum atomic E-state index is -0.0457. The van der Waals surface area contributed by atoms with Crippen LogP contribution >= 0.6 is 0 Å². The Hall–Kier alpha value is -1.32. The second kappa shape index (κ2) is 2.74. The molecule has 3 nitrogen and oxygen atoms in total. The van der Waals surface area contributed by atoms with Gasteiger partial charge in [0.2, 0.25) is 5.75 Å². The fourth-order valence-corrected chi connectivity index (χ4v) is 0.860. The van der Waals surface area contributed by atoms with Crippen LogP contribution in [-0.4, -0.2) is 25.2 Å². The van der Waals surface area contributed by atoms with E-state index in [9.17, 15) is 5.11 Å². The lowest BCUT2D eigenvalue weighted by atomic mass is 9.94. The Morgan fingerprint density at radius 1 is 1.36 bits per heavy atom. The fourth-order valence-electron chi connectivity index (χ4n) is 0.860. The first-order chi connectivity index (χ1) is 5.16. The van der Waals surface area contributed by atoms with E-state index in [4.69, 9.17) is 9.84 Å². The maximum Gasteiger partial charge on any atom is 0.202 e. The molecule has 0 fully saturated rings. The summed E-state index contributed by atoms with van der Waals surface area (Å²) in [7, 11) is 3.13. The van der Waals surface area contributed by atoms with Gasteiger partial charge in [0.15, 0.2) is 11.5 Å². The van der Waals surface area contributed by atoms with E-state index in [2.05, 4.69) is 0 Å². The molecule has 0 heterocycles. The molecule has 0 unspecified atom stereocenters. The molecule has 1 rings (SSSR count). The van der Waals surface area contributed by atoms with Crippen molar-refractivity contribution in [3.63, 3.8) is 0 Å². The molecule has 11 heavy (non-hydrogen) atoms. The van der Waals surface area contributed by atoms with Crippen LogP contribution < -0.4 is 10.2 Å². The molecule has 0 spiro atoms. The number of hydrogen-bond acceptors (Lipinski definition) is 3. The van der Waals surface area contributed by atoms with E-state index >= 15 is 0 Å². The monoisotopic (exact) mass is 152 g/mol. The van der Waals surface area contributed by atoms with Crippen molar-refractivity contribution >= 4 is 13.3 Å². The first-order valence-electron chi connectivity index (χ1n) is 3.22. The van der Waals surface area contributed by atoms with Crippen molar-refractivity contribution in [1.82, 2.24) is 0 Å². The molecule has 0 aliphatic carbocycles. The molecule has 0 aromatic heterocycles. The summed E-state index contributed by atoms with van der Waals surface area (Å²) in [6.07, 6.45) is 0. The lowest BCUT2D eigenvalue weighted by molar-refractivity contribution is 0.346. The highest BCUT2D eigenvalue weighted by molar-refractivity contribution is 6.34. The Morgan fingerprint density at radius 2 is 2.00 bits per heavy atom. The third kappa shape index (κ3) is 1.24. The summed E-state index contributed by atoms with van der Waals surface area (Å²) in [5.74, 6) is 0.0769. The molecule has 0 saturated carbocycles. The molecule has 0 atom stereocenters. The zero-order valence-corrected chi connectivity index (χ0v) is 6.46. The third-order valence-corrected chi connectivity index (χ3v) is 1.52. The molecule has 58 valence electrons. The summed E-state index contributed by atoms with van der Waals surface area (Å²) in [6, 6.07) is 3.10. The third-order valence-electron chi connectivity index (χ3n) is 1.52. The van der Waals surface area contributed by atoms with Gasteiger partial charge in [-0.1, -0.05) is 6.07 Å². The first-order valence-corrected chi connectivity index (χ1v) is 3.22. The number of aromatic hydroxyl groups is 2. The van der Waals surface area contributed by atoms with Gasteiger partial charge in [-0.25, -0.2) is 0 Å². The van der Waals surface area contributed by atoms with Crippen molar-refractivity contribution < 1.29 is 14.9 Å². The van der Waals surface area contributed by atoms with Crippen LogP contribution in [0.1, 0.15) is 0 Å². The van der Waals surface area contributed by atoms with Crippen molar-refractivity contribution in [2.45, 2.75) is 0 Å². The van der Waals surface area contributed by atoms with E-state index in [-0.39, 0.29) is 17.2 Å². The normalized spacial score (nSPS) is 9.55. The number of phenolic OH excluding ortho intramolecular Hbond substituents is 2. The highest BCUT2D eigenvalue weighted by Crippen LogP contribution is 2.32. The summed E-state index contributed by atoms with van der Waals surface area (Å²) in [6.45, 7) is 0. The zero-order chi connectivity index (χ0) is 8.43. The SMILES string of the molecule is Bc1ccc(O)c(OC)c1O. The highest BCUT2D eigenvalue weighted by Gasteiger charge is 2.08. The Balaban J connectivity index is 3.29. The minimum Gasteiger partial charge on any atom is -0.505 e. The first kappa shape index (κ1) is 7.79. The molecule has 0 saturated heterocycles. The lowest BCUT2D eigenvalue weighted by Gasteiger charge is -2.06. The summed E-state index contributed by atoms with van der Waals surface area (Å²) in [5, 5.41) is 18.4. The van der Waals surface area contributed by atoms with Crippen molar-refractivity contribution in [3.05, 3.63) is 12.1 Å². The predicted molar refractivity (Wildman–Crippen MR) is 44.5 cm³/mol. The number of ether oxygens (including phenoxy) is 1. The van der Waals surface area contributed by atoms with Crippen LogP contribution in [0, 0.1) is 0 Å². The van der Waals surface area contributed by atoms with Crippen LogP contribution in [-0.2, 0) is 0 Å². The molecule has 0 bridgehead atoms. The van der Waals surface area contributed by atoms with Crippen LogP contribution in [0.4, 0.5) is 0 Å². The maximum atomic E-state index is 9.29. The highest BCUT2D eigenvalue weighted by atomic mass is 16.5. The van der Waals surface area contributed by atoms with Crippen molar-refractivity contribution in [1.29, 1.82) is 0 Å². The summed E-state index contributed by atoms with van der Waals surface area (Å²) in [5.41, 5.74) is 0.680. The standard InChI is InChI=1S/C7H9BO3/c1-11-7-5(9)3-2-4(8)6(7)10/h2-3,9-10H,8H2,1H3. The zero-order valence-electron chi connectivity index (χ0n) is 6.46. The number of rotatable bonds is 1. The summed E-state index contributed by atoms with van der Waals surface area (Å²) < 4.78 is 4.76. The van der Waals surface area contributed by atoms with E-state index in [0.29, 0.717) is 5.46 Å². The molecular weight excluding hydrogens is 143 g/mol. The van der Waals surface area contributed by atoms with Crippen LogP contribution in [0.5, 0.6) is 17.2 Å². The van der Waals surface area contributed by atoms with Gasteiger partial charge >= 0.3 is 0 Å². The second-order valence-electron chi connectivity index (χ2n) is 2.28. The van der Waals surface area contributed by atoms with E-state index < -0.39 is 0 Å². The van der Waals surface area contributed by atoms with Crippen LogP contribution in [0.2, 0.25) is 0 Å². The lowest BCUT2D eigenvalue weighted by Crippen LogP contribution is -2.03. The second-order valence-corrected chi connectivity index (χ2v) is 2.28. The molecule has 0 aliphatic heterocycles. The van der Waals surface area contributed by atoms with E-state index in [1.54, 1.807) is 13.9 Å². The van der Waals surface area contributed by atoms with Crippen LogP contribution in [0.15, 0.2) is 12.1 Å². The topological polar surface area (TPSA) is 49.7 Å². The Labute approximate surface area is 65.7 Å². The van der Waals surface area contributed by atoms with Gasteiger partial charge in [0.1, 0.15) is 7.85 Å². The molecule has 2 N–H and O–H groups in total. The van der Waals surface area contributed by atoms with E-state index in [1.165, 1.54) is 13.2 Å². The molecule has 1 aromatic rings. The Morgan fingerprint density at radius 3 is 2.45 bits per heavy atom. The van der Waals surface area contributed by atoms with Gasteiger partial charge in [-0.2, -0.15) is 0 Å². The number of phenols is 2. The molecular formula is C7H9BO3. The van der Waals surface area contributed by atoms with Crippen LogP contribution in [0.3, 0.4) is 0 Å². The van der Waals surface area contributed by atoms with Gasteiger partial charge in [-0.3, -0.25) is 0 Å². The minimum absolute atomic E-state index is 0.00694. The number of benzene rings is 1. The molecule has 4 heteroatoms. The summed E-state index contributed by atoms with van der Waals surface area (Å²) >= 11 is 0. The van der Waals surface area contributed by atoms with Gasteiger partial charge in [-0.05, 0) is 11.5 Å². The quantitative estimate of drug-likeness (QED) is 0.526. The maximum absolute atomic E-state index is 9.29. The van der Waals surface area contributed by atoms with Gasteiger partial charge in [0.25, 0.3) is 0 Å². The average molecular weight is 152 g/mol. The fraction of sp³-hybridized carbons (Fsp3) is 0.143. The van der Waals surface area contributed by atoms with E-state index in [1.807, 2.05) is 0 Å². The molecule has 1 aromatic carbocycles. The number of methoxy groups -OCH3 is 1. The van der Waals surface area contributed by atoms with Gasteiger partial charge in [-0.15, -0.1) is 0 Å². The van der Waals surface area contributed by atoms with Crippen molar-refractivity contribution in [2.24, 2.45) is 0 Å². The smallest absolute Gasteiger partial charge is 0.202 e. The van der Waals surface area contributed by atoms with Gasteiger partial charge < -0.3 is 14.9 Å².